The van der Waals surface area contributed by atoms with Crippen molar-refractivity contribution in [2.75, 3.05) is 11.1 Å². The van der Waals surface area contributed by atoms with Gasteiger partial charge in [0, 0.05) is 13.2 Å². The lowest BCUT2D eigenvalue weighted by Gasteiger charge is -2.15. The second-order valence-corrected chi connectivity index (χ2v) is 7.72. The minimum absolute atomic E-state index is 0.120. The lowest BCUT2D eigenvalue weighted by molar-refractivity contribution is -0.113. The number of nitrogens with zero attached hydrogens (tertiary/aromatic N) is 4. The van der Waals surface area contributed by atoms with Gasteiger partial charge in [-0.1, -0.05) is 35.0 Å². The van der Waals surface area contributed by atoms with E-state index in [4.69, 9.17) is 27.9 Å². The van der Waals surface area contributed by atoms with Crippen LogP contribution in [0.25, 0.3) is 0 Å². The van der Waals surface area contributed by atoms with Gasteiger partial charge in [-0.2, -0.15) is 0 Å². The smallest absolute Gasteiger partial charge is 0.236 e. The maximum atomic E-state index is 13.2. The van der Waals surface area contributed by atoms with Crippen molar-refractivity contribution in [2.24, 2.45) is 7.05 Å². The molecule has 0 radical (unpaired) electrons. The van der Waals surface area contributed by atoms with Crippen LogP contribution >= 0.6 is 35.0 Å². The lowest BCUT2D eigenvalue weighted by atomic mass is 10.3. The molecule has 0 aliphatic carbocycles. The van der Waals surface area contributed by atoms with Crippen molar-refractivity contribution in [2.45, 2.75) is 18.2 Å². The fourth-order valence-electron chi connectivity index (χ4n) is 2.38. The first-order valence-electron chi connectivity index (χ1n) is 8.38. The van der Waals surface area contributed by atoms with Crippen LogP contribution < -0.4 is 10.1 Å². The molecule has 0 saturated heterocycles. The Hall–Kier alpha value is -2.36. The predicted octanol–water partition coefficient (Wildman–Crippen LogP) is 4.53. The zero-order chi connectivity index (χ0) is 21.0. The molecule has 1 aromatic carbocycles. The zero-order valence-electron chi connectivity index (χ0n) is 15.4. The number of rotatable bonds is 7. The summed E-state index contributed by atoms with van der Waals surface area (Å²) in [6.45, 7) is 1.77. The second-order valence-electron chi connectivity index (χ2n) is 5.93. The number of amides is 1. The number of hydrogen-bond acceptors (Lipinski definition) is 6. The fraction of sp³-hybridized carbons (Fsp3) is 0.222. The molecule has 29 heavy (non-hydrogen) atoms. The Kier molecular flexibility index (Phi) is 6.94. The van der Waals surface area contributed by atoms with Crippen LogP contribution in [0.2, 0.25) is 10.0 Å². The highest BCUT2D eigenvalue weighted by Gasteiger charge is 2.19. The number of nitrogens with one attached hydrogen (secondary N) is 1. The van der Waals surface area contributed by atoms with Crippen LogP contribution in [-0.4, -0.2) is 31.4 Å². The monoisotopic (exact) mass is 455 g/mol. The van der Waals surface area contributed by atoms with Gasteiger partial charge in [0.15, 0.2) is 17.1 Å². The summed E-state index contributed by atoms with van der Waals surface area (Å²) in [5, 5.41) is 12.1. The van der Waals surface area contributed by atoms with Crippen molar-refractivity contribution in [1.29, 1.82) is 0 Å². The molecule has 1 N–H and O–H groups in total. The van der Waals surface area contributed by atoms with Gasteiger partial charge >= 0.3 is 0 Å². The number of halogens is 3. The molecule has 0 spiro atoms. The number of aromatic nitrogens is 4. The van der Waals surface area contributed by atoms with E-state index in [2.05, 4.69) is 20.5 Å². The minimum Gasteiger partial charge on any atom is -0.481 e. The molecule has 0 fully saturated rings. The van der Waals surface area contributed by atoms with Gasteiger partial charge in [0.2, 0.25) is 5.91 Å². The molecule has 0 bridgehead atoms. The van der Waals surface area contributed by atoms with E-state index in [1.165, 1.54) is 36.2 Å². The van der Waals surface area contributed by atoms with E-state index in [1.807, 2.05) is 0 Å². The fourth-order valence-corrected chi connectivity index (χ4v) is 3.42. The van der Waals surface area contributed by atoms with E-state index in [0.717, 1.165) is 0 Å². The number of benzene rings is 1. The molecule has 1 amide bonds. The van der Waals surface area contributed by atoms with Gasteiger partial charge < -0.3 is 14.6 Å². The Morgan fingerprint density at radius 1 is 1.31 bits per heavy atom. The molecular formula is C18H16Cl2FN5O2S. The van der Waals surface area contributed by atoms with E-state index in [9.17, 15) is 9.18 Å². The molecule has 1 unspecified atom stereocenters. The van der Waals surface area contributed by atoms with Gasteiger partial charge in [-0.3, -0.25) is 4.79 Å². The molecule has 3 aromatic rings. The average molecular weight is 456 g/mol. The Balaban J connectivity index is 1.59. The molecule has 152 valence electrons. The van der Waals surface area contributed by atoms with E-state index >= 15 is 0 Å². The number of carbonyl (C=O) groups excluding carboxylic acids is 1. The van der Waals surface area contributed by atoms with Crippen LogP contribution in [0, 0.1) is 5.82 Å². The van der Waals surface area contributed by atoms with Crippen molar-refractivity contribution in [1.82, 2.24) is 19.7 Å². The molecule has 2 aromatic heterocycles. The topological polar surface area (TPSA) is 81.9 Å². The van der Waals surface area contributed by atoms with Crippen LogP contribution in [0.5, 0.6) is 5.75 Å². The largest absolute Gasteiger partial charge is 0.481 e. The third kappa shape index (κ3) is 5.59. The summed E-state index contributed by atoms with van der Waals surface area (Å²) >= 11 is 13.0. The van der Waals surface area contributed by atoms with Crippen LogP contribution in [0.3, 0.4) is 0 Å². The van der Waals surface area contributed by atoms with E-state index in [-0.39, 0.29) is 16.7 Å². The summed E-state index contributed by atoms with van der Waals surface area (Å²) in [6.07, 6.45) is 0.963. The van der Waals surface area contributed by atoms with Crippen LogP contribution in [0.15, 0.2) is 41.7 Å². The first-order chi connectivity index (χ1) is 13.8. The van der Waals surface area contributed by atoms with Crippen molar-refractivity contribution < 1.29 is 13.9 Å². The van der Waals surface area contributed by atoms with E-state index in [0.29, 0.717) is 27.6 Å². The van der Waals surface area contributed by atoms with Crippen LogP contribution in [-0.2, 0) is 11.8 Å². The van der Waals surface area contributed by atoms with Gasteiger partial charge in [-0.05, 0) is 37.3 Å². The van der Waals surface area contributed by atoms with Crippen molar-refractivity contribution in [3.63, 3.8) is 0 Å². The number of thioether (sulfide) groups is 1. The van der Waals surface area contributed by atoms with E-state index < -0.39 is 11.9 Å². The standard InChI is InChI=1S/C18H16Cl2FN5O2S/c1-10(28-14-5-4-12(21)7-13(14)20)17-24-25-18(26(17)2)29-9-16(27)23-15-6-3-11(19)8-22-15/h3-8,10H,9H2,1-2H3,(H,22,23,27). The SMILES string of the molecule is CC(Oc1ccc(F)cc1Cl)c1nnc(SCC(=O)Nc2ccc(Cl)cn2)n1C. The summed E-state index contributed by atoms with van der Waals surface area (Å²) in [5.41, 5.74) is 0. The number of pyridine rings is 1. The highest BCUT2D eigenvalue weighted by Crippen LogP contribution is 2.30. The third-order valence-corrected chi connectivity index (χ3v) is 5.30. The molecule has 11 heteroatoms. The van der Waals surface area contributed by atoms with Gasteiger partial charge in [-0.25, -0.2) is 9.37 Å². The molecule has 7 nitrogen and oxygen atoms in total. The Morgan fingerprint density at radius 3 is 2.79 bits per heavy atom. The third-order valence-electron chi connectivity index (χ3n) is 3.76. The first-order valence-corrected chi connectivity index (χ1v) is 10.1. The molecule has 0 saturated carbocycles. The highest BCUT2D eigenvalue weighted by atomic mass is 35.5. The van der Waals surface area contributed by atoms with E-state index in [1.54, 1.807) is 30.7 Å². The van der Waals surface area contributed by atoms with Gasteiger partial charge in [0.25, 0.3) is 0 Å². The Bertz CT molecular complexity index is 1020. The molecular weight excluding hydrogens is 440 g/mol. The summed E-state index contributed by atoms with van der Waals surface area (Å²) in [6, 6.07) is 7.15. The predicted molar refractivity (Wildman–Crippen MR) is 110 cm³/mol. The van der Waals surface area contributed by atoms with Crippen LogP contribution in [0.1, 0.15) is 18.9 Å². The summed E-state index contributed by atoms with van der Waals surface area (Å²) < 4.78 is 20.7. The van der Waals surface area contributed by atoms with Gasteiger partial charge in [0.05, 0.1) is 15.8 Å². The van der Waals surface area contributed by atoms with Gasteiger partial charge in [-0.15, -0.1) is 10.2 Å². The normalized spacial score (nSPS) is 11.9. The Morgan fingerprint density at radius 2 is 2.10 bits per heavy atom. The van der Waals surface area contributed by atoms with Crippen molar-refractivity contribution in [3.05, 3.63) is 58.2 Å². The number of hydrogen-bond donors (Lipinski definition) is 1. The molecule has 0 aliphatic rings. The molecule has 1 atom stereocenters. The zero-order valence-corrected chi connectivity index (χ0v) is 17.7. The molecule has 0 aliphatic heterocycles. The number of ether oxygens (including phenoxy) is 1. The Labute approximate surface area is 180 Å². The first kappa shape index (κ1) is 21.4. The second kappa shape index (κ2) is 9.43. The molecule has 2 heterocycles. The minimum atomic E-state index is -0.489. The summed E-state index contributed by atoms with van der Waals surface area (Å²) in [5.74, 6) is 0.725. The summed E-state index contributed by atoms with van der Waals surface area (Å²) in [4.78, 5) is 16.1. The number of carbonyl (C=O) groups is 1. The van der Waals surface area contributed by atoms with Crippen LogP contribution in [0.4, 0.5) is 10.2 Å². The highest BCUT2D eigenvalue weighted by molar-refractivity contribution is 7.99. The maximum Gasteiger partial charge on any atom is 0.236 e. The van der Waals surface area contributed by atoms with Crippen molar-refractivity contribution >= 4 is 46.7 Å². The average Bonchev–Trinajstić information content (AvgIpc) is 3.05. The maximum absolute atomic E-state index is 13.2. The number of anilines is 1. The molecule has 3 rings (SSSR count). The quantitative estimate of drug-likeness (QED) is 0.527. The van der Waals surface area contributed by atoms with Gasteiger partial charge in [0.1, 0.15) is 17.4 Å². The van der Waals surface area contributed by atoms with Crippen molar-refractivity contribution in [3.8, 4) is 5.75 Å². The summed E-state index contributed by atoms with van der Waals surface area (Å²) in [7, 11) is 1.77. The lowest BCUT2D eigenvalue weighted by Crippen LogP contribution is -2.15.